The Morgan fingerprint density at radius 3 is 2.56 bits per heavy atom. The van der Waals surface area contributed by atoms with Gasteiger partial charge in [-0.05, 0) is 12.1 Å². The lowest BCUT2D eigenvalue weighted by molar-refractivity contribution is -0.138. The summed E-state index contributed by atoms with van der Waals surface area (Å²) in [5.41, 5.74) is 4.95. The second-order valence-electron chi connectivity index (χ2n) is 3.66. The van der Waals surface area contributed by atoms with Crippen molar-refractivity contribution in [3.05, 3.63) is 29.3 Å². The summed E-state index contributed by atoms with van der Waals surface area (Å²) in [7, 11) is 1.20. The molecule has 0 spiro atoms. The third-order valence-electron chi connectivity index (χ3n) is 2.35. The summed E-state index contributed by atoms with van der Waals surface area (Å²) in [5.74, 6) is -1.21. The van der Waals surface area contributed by atoms with Gasteiger partial charge in [0.2, 0.25) is 0 Å². The number of methoxy groups -OCH3 is 1. The van der Waals surface area contributed by atoms with Gasteiger partial charge in [-0.15, -0.1) is 0 Å². The molecule has 0 aliphatic carbocycles. The monoisotopic (exact) mass is 263 g/mol. The molecule has 4 nitrogen and oxygen atoms in total. The average Bonchev–Trinajstić information content (AvgIpc) is 2.26. The van der Waals surface area contributed by atoms with Crippen molar-refractivity contribution in [2.24, 2.45) is 5.73 Å². The van der Waals surface area contributed by atoms with Gasteiger partial charge >= 0.3 is 12.1 Å². The Balaban J connectivity index is 3.11. The minimum Gasteiger partial charge on any atom is -0.496 e. The molecule has 100 valence electrons. The molecule has 0 aliphatic rings. The summed E-state index contributed by atoms with van der Waals surface area (Å²) >= 11 is 0. The largest absolute Gasteiger partial charge is 0.496 e. The molecule has 1 atom stereocenters. The van der Waals surface area contributed by atoms with Crippen LogP contribution in [-0.4, -0.2) is 18.2 Å². The van der Waals surface area contributed by atoms with Gasteiger partial charge in [-0.25, -0.2) is 0 Å². The number of hydrogen-bond donors (Lipinski definition) is 2. The summed E-state index contributed by atoms with van der Waals surface area (Å²) in [6.07, 6.45) is -4.87. The highest BCUT2D eigenvalue weighted by Crippen LogP contribution is 2.35. The summed E-state index contributed by atoms with van der Waals surface area (Å²) in [4.78, 5) is 10.5. The minimum atomic E-state index is -4.48. The van der Waals surface area contributed by atoms with Crippen LogP contribution < -0.4 is 10.5 Å². The van der Waals surface area contributed by atoms with Crippen molar-refractivity contribution >= 4 is 5.97 Å². The van der Waals surface area contributed by atoms with E-state index in [1.165, 1.54) is 7.11 Å². The molecule has 0 aliphatic heterocycles. The number of carbonyl (C=O) groups is 1. The summed E-state index contributed by atoms with van der Waals surface area (Å²) < 4.78 is 42.2. The van der Waals surface area contributed by atoms with Crippen molar-refractivity contribution in [1.29, 1.82) is 0 Å². The molecular weight excluding hydrogens is 251 g/mol. The fourth-order valence-electron chi connectivity index (χ4n) is 1.49. The van der Waals surface area contributed by atoms with Gasteiger partial charge in [-0.3, -0.25) is 4.79 Å². The fourth-order valence-corrected chi connectivity index (χ4v) is 1.49. The Kier molecular flexibility index (Phi) is 4.18. The number of ether oxygens (including phenoxy) is 1. The maximum absolute atomic E-state index is 12.5. The highest BCUT2D eigenvalue weighted by Gasteiger charge is 2.31. The predicted molar refractivity (Wildman–Crippen MR) is 57.2 cm³/mol. The Morgan fingerprint density at radius 2 is 2.11 bits per heavy atom. The lowest BCUT2D eigenvalue weighted by Crippen LogP contribution is -2.16. The highest BCUT2D eigenvalue weighted by molar-refractivity contribution is 5.68. The van der Waals surface area contributed by atoms with Gasteiger partial charge in [0.05, 0.1) is 19.1 Å². The molecule has 3 N–H and O–H groups in total. The number of carboxylic acid groups (broad SMARTS) is 1. The van der Waals surface area contributed by atoms with Gasteiger partial charge in [0, 0.05) is 11.6 Å². The van der Waals surface area contributed by atoms with Gasteiger partial charge < -0.3 is 15.6 Å². The van der Waals surface area contributed by atoms with Crippen LogP contribution in [0.15, 0.2) is 18.2 Å². The van der Waals surface area contributed by atoms with Gasteiger partial charge in [0.1, 0.15) is 5.75 Å². The highest BCUT2D eigenvalue weighted by atomic mass is 19.4. The number of hydrogen-bond acceptors (Lipinski definition) is 3. The first kappa shape index (κ1) is 14.3. The Hall–Kier alpha value is -1.76. The first-order chi connectivity index (χ1) is 8.25. The zero-order chi connectivity index (χ0) is 13.9. The molecule has 0 radical (unpaired) electrons. The number of nitrogens with two attached hydrogens (primary N) is 1. The lowest BCUT2D eigenvalue weighted by atomic mass is 10.0. The molecular formula is C11H12F3NO3. The first-order valence-corrected chi connectivity index (χ1v) is 4.98. The van der Waals surface area contributed by atoms with Crippen molar-refractivity contribution in [2.75, 3.05) is 7.11 Å². The van der Waals surface area contributed by atoms with Crippen LogP contribution >= 0.6 is 0 Å². The third kappa shape index (κ3) is 3.36. The molecule has 1 aromatic carbocycles. The zero-order valence-electron chi connectivity index (χ0n) is 9.49. The van der Waals surface area contributed by atoms with Crippen molar-refractivity contribution in [1.82, 2.24) is 0 Å². The summed E-state index contributed by atoms with van der Waals surface area (Å²) in [5, 5.41) is 8.59. The van der Waals surface area contributed by atoms with Crippen molar-refractivity contribution in [3.8, 4) is 5.75 Å². The standard InChI is InChI=1S/C11H12F3NO3/c1-18-9-4-6(11(12,13)14)2-3-7(9)8(15)5-10(16)17/h2-4,8H,5,15H2,1H3,(H,16,17). The third-order valence-corrected chi connectivity index (χ3v) is 2.35. The van der Waals surface area contributed by atoms with Gasteiger partial charge in [0.15, 0.2) is 0 Å². The van der Waals surface area contributed by atoms with E-state index in [0.29, 0.717) is 0 Å². The second-order valence-corrected chi connectivity index (χ2v) is 3.66. The van der Waals surface area contributed by atoms with E-state index in [0.717, 1.165) is 18.2 Å². The number of carboxylic acids is 1. The summed E-state index contributed by atoms with van der Waals surface area (Å²) in [6.45, 7) is 0. The molecule has 0 bridgehead atoms. The zero-order valence-corrected chi connectivity index (χ0v) is 9.49. The Bertz CT molecular complexity index is 446. The Morgan fingerprint density at radius 1 is 1.50 bits per heavy atom. The molecule has 1 aromatic rings. The van der Waals surface area contributed by atoms with E-state index in [4.69, 9.17) is 15.6 Å². The maximum atomic E-state index is 12.5. The molecule has 1 unspecified atom stereocenters. The molecule has 0 heterocycles. The van der Waals surface area contributed by atoms with E-state index in [-0.39, 0.29) is 17.7 Å². The molecule has 18 heavy (non-hydrogen) atoms. The van der Waals surface area contributed by atoms with Crippen LogP contribution in [0.4, 0.5) is 13.2 Å². The van der Waals surface area contributed by atoms with Crippen molar-refractivity contribution < 1.29 is 27.8 Å². The van der Waals surface area contributed by atoms with E-state index in [9.17, 15) is 18.0 Å². The lowest BCUT2D eigenvalue weighted by Gasteiger charge is -2.16. The van der Waals surface area contributed by atoms with Gasteiger partial charge in [0.25, 0.3) is 0 Å². The van der Waals surface area contributed by atoms with Crippen LogP contribution in [0.1, 0.15) is 23.6 Å². The topological polar surface area (TPSA) is 72.5 Å². The van der Waals surface area contributed by atoms with Crippen LogP contribution in [0.3, 0.4) is 0 Å². The normalized spacial score (nSPS) is 13.2. The van der Waals surface area contributed by atoms with Crippen molar-refractivity contribution in [3.63, 3.8) is 0 Å². The van der Waals surface area contributed by atoms with Crippen molar-refractivity contribution in [2.45, 2.75) is 18.6 Å². The molecule has 0 saturated carbocycles. The van der Waals surface area contributed by atoms with Crippen LogP contribution in [0.2, 0.25) is 0 Å². The van der Waals surface area contributed by atoms with E-state index in [1.807, 2.05) is 0 Å². The van der Waals surface area contributed by atoms with Gasteiger partial charge in [-0.1, -0.05) is 6.07 Å². The van der Waals surface area contributed by atoms with Crippen LogP contribution in [0.25, 0.3) is 0 Å². The number of benzene rings is 1. The second kappa shape index (κ2) is 5.26. The minimum absolute atomic E-state index is 0.0708. The van der Waals surface area contributed by atoms with Crippen LogP contribution in [0.5, 0.6) is 5.75 Å². The molecule has 0 aromatic heterocycles. The van der Waals surface area contributed by atoms with E-state index in [1.54, 1.807) is 0 Å². The predicted octanol–water partition coefficient (Wildman–Crippen LogP) is 2.19. The summed E-state index contributed by atoms with van der Waals surface area (Å²) in [6, 6.07) is 1.87. The molecule has 1 rings (SSSR count). The molecule has 0 saturated heterocycles. The number of alkyl halides is 3. The maximum Gasteiger partial charge on any atom is 0.416 e. The fraction of sp³-hybridized carbons (Fsp3) is 0.364. The molecule has 7 heteroatoms. The Labute approximate surface area is 101 Å². The van der Waals surface area contributed by atoms with E-state index in [2.05, 4.69) is 0 Å². The number of rotatable bonds is 4. The van der Waals surface area contributed by atoms with E-state index >= 15 is 0 Å². The molecule has 0 amide bonds. The van der Waals surface area contributed by atoms with Gasteiger partial charge in [-0.2, -0.15) is 13.2 Å². The van der Waals surface area contributed by atoms with E-state index < -0.39 is 23.8 Å². The smallest absolute Gasteiger partial charge is 0.416 e. The average molecular weight is 263 g/mol. The quantitative estimate of drug-likeness (QED) is 0.873. The first-order valence-electron chi connectivity index (χ1n) is 4.98. The number of aliphatic carboxylic acids is 1. The SMILES string of the molecule is COc1cc(C(F)(F)F)ccc1C(N)CC(=O)O. The van der Waals surface area contributed by atoms with Crippen LogP contribution in [0, 0.1) is 0 Å². The van der Waals surface area contributed by atoms with Crippen LogP contribution in [-0.2, 0) is 11.0 Å². The molecule has 0 fully saturated rings. The number of halogens is 3.